The van der Waals surface area contributed by atoms with Gasteiger partial charge in [-0.15, -0.1) is 5.10 Å². The Kier molecular flexibility index (Phi) is 17.7. The van der Waals surface area contributed by atoms with Gasteiger partial charge in [-0.2, -0.15) is 0 Å². The van der Waals surface area contributed by atoms with Crippen molar-refractivity contribution in [3.05, 3.63) is 75.6 Å². The van der Waals surface area contributed by atoms with Gasteiger partial charge in [0.2, 0.25) is 17.7 Å². The van der Waals surface area contributed by atoms with Crippen molar-refractivity contribution in [2.24, 2.45) is 17.8 Å². The molecule has 19 heteroatoms. The maximum atomic E-state index is 12.7. The molecular formula is C38H50N6O13. The van der Waals surface area contributed by atoms with Crippen LogP contribution in [-0.4, -0.2) is 102 Å². The van der Waals surface area contributed by atoms with Crippen LogP contribution in [0.25, 0.3) is 0 Å². The maximum absolute atomic E-state index is 12.7. The summed E-state index contributed by atoms with van der Waals surface area (Å²) in [6.07, 6.45) is 1.19. The molecule has 0 spiro atoms. The van der Waals surface area contributed by atoms with E-state index in [-0.39, 0.29) is 67.8 Å². The van der Waals surface area contributed by atoms with Crippen LogP contribution in [0.5, 0.6) is 5.75 Å². The van der Waals surface area contributed by atoms with Gasteiger partial charge in [0.05, 0.1) is 66.5 Å². The molecular weight excluding hydrogens is 748 g/mol. The number of carbonyl (C=O) groups excluding carboxylic acids is 4. The van der Waals surface area contributed by atoms with E-state index >= 15 is 0 Å². The van der Waals surface area contributed by atoms with Crippen molar-refractivity contribution in [1.29, 1.82) is 0 Å². The molecule has 5 unspecified atom stereocenters. The molecule has 3 aromatic rings. The van der Waals surface area contributed by atoms with Gasteiger partial charge in [-0.1, -0.05) is 51.1 Å². The molecule has 5 atom stereocenters. The Morgan fingerprint density at radius 3 is 2.30 bits per heavy atom. The number of hydrogen-bond acceptors (Lipinski definition) is 14. The molecule has 0 saturated carbocycles. The number of aromatic nitrogens is 3. The molecule has 2 aliphatic rings. The summed E-state index contributed by atoms with van der Waals surface area (Å²) >= 11 is 0. The molecule has 5 N–H and O–H groups in total. The normalized spacial score (nSPS) is 18.7. The zero-order chi connectivity index (χ0) is 42.2. The smallest absolute Gasteiger partial charge is 0.311 e. The van der Waals surface area contributed by atoms with Gasteiger partial charge in [-0.3, -0.25) is 43.7 Å². The van der Waals surface area contributed by atoms with E-state index in [2.05, 4.69) is 15.6 Å². The number of imide groups is 1. The van der Waals surface area contributed by atoms with Crippen LogP contribution in [0.1, 0.15) is 69.9 Å². The first kappa shape index (κ1) is 45.6. The van der Waals surface area contributed by atoms with Gasteiger partial charge in [-0.05, 0) is 41.7 Å². The van der Waals surface area contributed by atoms with Crippen molar-refractivity contribution in [3.63, 3.8) is 0 Å². The Labute approximate surface area is 328 Å². The molecule has 2 fully saturated rings. The number of benzene rings is 2. The SMILES string of the molecule is CCC(C)C(=O)OC(Cc1cn(CCNC(=O)Cc2ccc(N3C(=O)CC(C(C)C)C3=O)cc2)nn1)c1ccc(O)c([N+](=O)[O-])c1.O=CO.OC1COCC(O)C1. The summed E-state index contributed by atoms with van der Waals surface area (Å²) in [5.41, 5.74) is 1.49. The lowest BCUT2D eigenvalue weighted by Crippen LogP contribution is -2.32. The van der Waals surface area contributed by atoms with Gasteiger partial charge < -0.3 is 35.2 Å². The van der Waals surface area contributed by atoms with Crippen molar-refractivity contribution in [2.75, 3.05) is 24.7 Å². The second-order valence-electron chi connectivity index (χ2n) is 13.9. The molecule has 1 aromatic heterocycles. The fourth-order valence-electron chi connectivity index (χ4n) is 5.83. The molecule has 0 bridgehead atoms. The number of nitrogens with zero attached hydrogens (tertiary/aromatic N) is 5. The van der Waals surface area contributed by atoms with Crippen molar-refractivity contribution in [1.82, 2.24) is 20.3 Å². The lowest BCUT2D eigenvalue weighted by Gasteiger charge is -2.21. The summed E-state index contributed by atoms with van der Waals surface area (Å²) in [5, 5.41) is 56.7. The van der Waals surface area contributed by atoms with E-state index in [1.165, 1.54) is 27.8 Å². The lowest BCUT2D eigenvalue weighted by molar-refractivity contribution is -0.386. The van der Waals surface area contributed by atoms with E-state index in [0.717, 1.165) is 5.56 Å². The fraction of sp³-hybridized carbons (Fsp3) is 0.500. The largest absolute Gasteiger partial charge is 0.502 e. The Bertz CT molecular complexity index is 1830. The Morgan fingerprint density at radius 2 is 1.75 bits per heavy atom. The molecule has 2 aromatic carbocycles. The number of rotatable bonds is 14. The van der Waals surface area contributed by atoms with E-state index in [9.17, 15) is 34.4 Å². The van der Waals surface area contributed by atoms with Crippen molar-refractivity contribution >= 4 is 41.5 Å². The predicted molar refractivity (Wildman–Crippen MR) is 202 cm³/mol. The summed E-state index contributed by atoms with van der Waals surface area (Å²) in [6.45, 7) is 8.45. The molecule has 0 aliphatic carbocycles. The van der Waals surface area contributed by atoms with Crippen molar-refractivity contribution in [3.8, 4) is 5.75 Å². The summed E-state index contributed by atoms with van der Waals surface area (Å²) < 4.78 is 12.0. The van der Waals surface area contributed by atoms with E-state index in [1.807, 2.05) is 20.8 Å². The van der Waals surface area contributed by atoms with E-state index < -0.39 is 40.6 Å². The van der Waals surface area contributed by atoms with Crippen LogP contribution in [0.2, 0.25) is 0 Å². The number of carbonyl (C=O) groups is 5. The molecule has 57 heavy (non-hydrogen) atoms. The Morgan fingerprint density at radius 1 is 1.11 bits per heavy atom. The van der Waals surface area contributed by atoms with Crippen LogP contribution < -0.4 is 10.2 Å². The molecule has 310 valence electrons. The summed E-state index contributed by atoms with van der Waals surface area (Å²) in [7, 11) is 0. The minimum absolute atomic E-state index is 0.0706. The van der Waals surface area contributed by atoms with Crippen LogP contribution in [0, 0.1) is 27.9 Å². The van der Waals surface area contributed by atoms with Crippen LogP contribution in [0.15, 0.2) is 48.7 Å². The summed E-state index contributed by atoms with van der Waals surface area (Å²) in [4.78, 5) is 70.5. The van der Waals surface area contributed by atoms with Gasteiger partial charge in [-0.25, -0.2) is 0 Å². The first-order chi connectivity index (χ1) is 27.1. The van der Waals surface area contributed by atoms with Crippen LogP contribution in [0.4, 0.5) is 11.4 Å². The fourth-order valence-corrected chi connectivity index (χ4v) is 5.83. The highest BCUT2D eigenvalue weighted by atomic mass is 16.6. The number of nitro groups is 1. The maximum Gasteiger partial charge on any atom is 0.311 e. The highest BCUT2D eigenvalue weighted by Crippen LogP contribution is 2.33. The number of phenolic OH excluding ortho intramolecular Hbond substituents is 1. The quantitative estimate of drug-likeness (QED) is 0.0515. The highest BCUT2D eigenvalue weighted by molar-refractivity contribution is 6.21. The summed E-state index contributed by atoms with van der Waals surface area (Å²) in [5.74, 6) is -2.26. The molecule has 3 heterocycles. The zero-order valence-electron chi connectivity index (χ0n) is 32.2. The third-order valence-corrected chi connectivity index (χ3v) is 9.19. The number of carboxylic acid groups (broad SMARTS) is 1. The number of aromatic hydroxyl groups is 1. The Hall–Kier alpha value is -5.79. The standard InChI is InChI=1S/C32H38N6O8.C5H10O3.CH2O2/c1-5-20(4)32(43)46-28(22-8-11-27(39)26(15-22)38(44)45)16-23-18-36(35-34-23)13-12-33-29(40)14-21-6-9-24(10-7-21)37-30(41)17-25(19(2)3)31(37)42;6-4-1-5(7)3-8-2-4;2-1-3/h6-11,15,18-20,25,28,39H,5,12-14,16-17H2,1-4H3,(H,33,40);4-7H,1-3H2;1H,(H,2,3). The number of phenols is 1. The number of amides is 3. The molecule has 3 amide bonds. The Balaban J connectivity index is 0.000000687. The number of nitro benzene ring substituents is 1. The number of hydrogen-bond donors (Lipinski definition) is 5. The second-order valence-corrected chi connectivity index (χ2v) is 13.9. The van der Waals surface area contributed by atoms with Crippen LogP contribution in [-0.2, 0) is 52.8 Å². The van der Waals surface area contributed by atoms with Gasteiger partial charge >= 0.3 is 11.7 Å². The first-order valence-electron chi connectivity index (χ1n) is 18.4. The molecule has 19 nitrogen and oxygen atoms in total. The van der Waals surface area contributed by atoms with Crippen molar-refractivity contribution < 1.29 is 58.8 Å². The minimum Gasteiger partial charge on any atom is -0.502 e. The minimum atomic E-state index is -0.907. The molecule has 0 radical (unpaired) electrons. The molecule has 5 rings (SSSR count). The van der Waals surface area contributed by atoms with Crippen molar-refractivity contribution in [2.45, 2.75) is 84.7 Å². The summed E-state index contributed by atoms with van der Waals surface area (Å²) in [6, 6.07) is 10.6. The number of aliphatic hydroxyl groups is 2. The highest BCUT2D eigenvalue weighted by Gasteiger charge is 2.40. The topological polar surface area (TPSA) is 274 Å². The first-order valence-corrected chi connectivity index (χ1v) is 18.4. The van der Waals surface area contributed by atoms with Gasteiger partial charge in [0.25, 0.3) is 6.47 Å². The number of ether oxygens (including phenoxy) is 2. The van der Waals surface area contributed by atoms with Gasteiger partial charge in [0, 0.05) is 38.1 Å². The van der Waals surface area contributed by atoms with Crippen LogP contribution in [0.3, 0.4) is 0 Å². The predicted octanol–water partition coefficient (Wildman–Crippen LogP) is 2.49. The number of anilines is 1. The molecule has 2 saturated heterocycles. The monoisotopic (exact) mass is 798 g/mol. The average Bonchev–Trinajstić information content (AvgIpc) is 3.74. The van der Waals surface area contributed by atoms with Gasteiger partial charge in [0.1, 0.15) is 6.10 Å². The van der Waals surface area contributed by atoms with E-state index in [0.29, 0.717) is 49.5 Å². The van der Waals surface area contributed by atoms with Crippen LogP contribution >= 0.6 is 0 Å². The third-order valence-electron chi connectivity index (χ3n) is 9.19. The van der Waals surface area contributed by atoms with E-state index in [4.69, 9.17) is 29.6 Å². The second kappa shape index (κ2) is 22.1. The average molecular weight is 799 g/mol. The third kappa shape index (κ3) is 13.7. The zero-order valence-corrected chi connectivity index (χ0v) is 32.2. The van der Waals surface area contributed by atoms with Gasteiger partial charge in [0.15, 0.2) is 5.75 Å². The lowest BCUT2D eigenvalue weighted by atomic mass is 9.94. The molecule has 2 aliphatic heterocycles. The number of nitrogens with one attached hydrogen (secondary N) is 1. The number of esters is 1. The number of aliphatic hydroxyl groups excluding tert-OH is 2. The van der Waals surface area contributed by atoms with E-state index in [1.54, 1.807) is 37.4 Å².